The van der Waals surface area contributed by atoms with Crippen molar-refractivity contribution in [2.75, 3.05) is 31.1 Å². The Morgan fingerprint density at radius 2 is 1.69 bits per heavy atom. The zero-order chi connectivity index (χ0) is 43.3. The van der Waals surface area contributed by atoms with E-state index in [-0.39, 0.29) is 54.6 Å². The van der Waals surface area contributed by atoms with E-state index in [0.29, 0.717) is 42.1 Å². The number of urea groups is 1. The first-order chi connectivity index (χ1) is 29.8. The van der Waals surface area contributed by atoms with Crippen LogP contribution in [0.25, 0.3) is 22.3 Å². The summed E-state index contributed by atoms with van der Waals surface area (Å²) in [5, 5.41) is 24.4. The maximum atomic E-state index is 14.2. The highest BCUT2D eigenvalue weighted by Crippen LogP contribution is 2.49. The molecule has 2 aliphatic carbocycles. The third kappa shape index (κ3) is 7.99. The van der Waals surface area contributed by atoms with Gasteiger partial charge in [0.1, 0.15) is 0 Å². The number of aryl methyl sites for hydroxylation is 1. The van der Waals surface area contributed by atoms with Crippen LogP contribution in [0.2, 0.25) is 0 Å². The Morgan fingerprint density at radius 3 is 2.44 bits per heavy atom. The van der Waals surface area contributed by atoms with Gasteiger partial charge in [-0.1, -0.05) is 23.4 Å². The maximum Gasteiger partial charge on any atom is 0.328 e. The number of carbonyl (C=O) groups excluding carboxylic acids is 4. The van der Waals surface area contributed by atoms with Crippen LogP contribution in [-0.4, -0.2) is 79.9 Å². The largest absolute Gasteiger partial charge is 0.503 e. The number of nitrogens with one attached hydrogen (secondary N) is 2. The molecule has 2 aliphatic heterocycles. The van der Waals surface area contributed by atoms with Crippen LogP contribution in [0.15, 0.2) is 53.2 Å². The number of aromatic nitrogens is 4. The number of anilines is 1. The van der Waals surface area contributed by atoms with Gasteiger partial charge in [-0.2, -0.15) is 14.5 Å². The number of aromatic hydroxyl groups is 1. The van der Waals surface area contributed by atoms with Gasteiger partial charge in [0.25, 0.3) is 11.8 Å². The lowest BCUT2D eigenvalue weighted by atomic mass is 9.65. The zero-order valence-electron chi connectivity index (χ0n) is 34.3. The first-order valence-electron chi connectivity index (χ1n) is 21.3. The van der Waals surface area contributed by atoms with Crippen molar-refractivity contribution in [3.05, 3.63) is 88.7 Å². The van der Waals surface area contributed by atoms with E-state index in [2.05, 4.69) is 15.8 Å². The first kappa shape index (κ1) is 41.1. The minimum Gasteiger partial charge on any atom is -0.503 e. The monoisotopic (exact) mass is 852 g/mol. The Bertz CT molecular complexity index is 2570. The Balaban J connectivity index is 0.758. The molecule has 17 heteroatoms. The van der Waals surface area contributed by atoms with Crippen LogP contribution in [0.1, 0.15) is 115 Å². The van der Waals surface area contributed by atoms with Crippen molar-refractivity contribution < 1.29 is 42.0 Å². The molecule has 5 amide bonds. The molecule has 3 N–H and O–H groups in total. The lowest BCUT2D eigenvalue weighted by Gasteiger charge is -2.45. The highest BCUT2D eigenvalue weighted by atomic mass is 19.2. The Hall–Kier alpha value is -6.26. The SMILES string of the molecule is Cc1ccc(C(=O)N2CCC3(CCC(c4nc(-c5ccc6cn(C7CCC(CNC(=O)c8cc(F)c(O)c(F)c8F)CC7)nc6c5)no4)CC3)CC2)cc1N1CCC(=O)NC1=O. The number of phenols is 1. The number of likely N-dealkylation sites (tertiary alicyclic amines) is 1. The number of benzene rings is 3. The standard InChI is InChI=1S/C45H47F3N8O6/c1-25-2-5-29(21-35(25)55-17-12-36(57)50-44(55)61)43(60)54-18-15-45(16-19-54)13-10-27(11-14-45)42-51-40(53-62-42)28-6-7-30-24-56(52-34(30)20-28)31-8-3-26(4-9-31)23-49-41(59)32-22-33(46)39(58)38(48)37(32)47/h2,5-7,20-22,24,26-27,31,58H,3-4,8-19,23H2,1H3,(H,49,59)(H,50,57,61). The summed E-state index contributed by atoms with van der Waals surface area (Å²) >= 11 is 0. The fraction of sp³-hybridized carbons (Fsp3) is 0.444. The average molecular weight is 853 g/mol. The minimum atomic E-state index is -1.79. The van der Waals surface area contributed by atoms with E-state index in [1.807, 2.05) is 53.0 Å². The van der Waals surface area contributed by atoms with Crippen molar-refractivity contribution in [1.29, 1.82) is 0 Å². The summed E-state index contributed by atoms with van der Waals surface area (Å²) in [6, 6.07) is 11.5. The topological polar surface area (TPSA) is 176 Å². The predicted octanol–water partition coefficient (Wildman–Crippen LogP) is 7.71. The van der Waals surface area contributed by atoms with E-state index < -0.39 is 40.7 Å². The third-order valence-corrected chi connectivity index (χ3v) is 13.7. The van der Waals surface area contributed by atoms with Crippen molar-refractivity contribution in [3.8, 4) is 17.1 Å². The molecule has 14 nitrogen and oxygen atoms in total. The van der Waals surface area contributed by atoms with Crippen molar-refractivity contribution >= 4 is 40.3 Å². The van der Waals surface area contributed by atoms with Crippen LogP contribution in [0, 0.1) is 35.7 Å². The second-order valence-corrected chi connectivity index (χ2v) is 17.4. The second kappa shape index (κ2) is 16.5. The summed E-state index contributed by atoms with van der Waals surface area (Å²) in [4.78, 5) is 58.6. The van der Waals surface area contributed by atoms with Crippen molar-refractivity contribution in [2.45, 2.75) is 89.5 Å². The van der Waals surface area contributed by atoms with Crippen molar-refractivity contribution in [1.82, 2.24) is 35.5 Å². The fourth-order valence-electron chi connectivity index (χ4n) is 9.75. The Kier molecular flexibility index (Phi) is 11.0. The first-order valence-corrected chi connectivity index (χ1v) is 21.3. The number of rotatable bonds is 8. The van der Waals surface area contributed by atoms with E-state index in [9.17, 15) is 37.5 Å². The molecule has 9 rings (SSSR count). The molecule has 2 aromatic heterocycles. The number of halogens is 3. The van der Waals surface area contributed by atoms with Gasteiger partial charge in [-0.05, 0) is 112 Å². The Labute approximate surface area is 354 Å². The summed E-state index contributed by atoms with van der Waals surface area (Å²) < 4.78 is 49.5. The fourth-order valence-corrected chi connectivity index (χ4v) is 9.75. The third-order valence-electron chi connectivity index (χ3n) is 13.7. The molecule has 324 valence electrons. The summed E-state index contributed by atoms with van der Waals surface area (Å²) in [5.74, 6) is -6.13. The minimum absolute atomic E-state index is 0.0517. The quantitative estimate of drug-likeness (QED) is 0.132. The normalized spacial score (nSPS) is 20.8. The van der Waals surface area contributed by atoms with E-state index >= 15 is 0 Å². The van der Waals surface area contributed by atoms with Crippen LogP contribution in [0.5, 0.6) is 5.75 Å². The molecule has 4 aliphatic rings. The molecule has 4 heterocycles. The van der Waals surface area contributed by atoms with Gasteiger partial charge < -0.3 is 19.8 Å². The Morgan fingerprint density at radius 1 is 0.935 bits per heavy atom. The smallest absolute Gasteiger partial charge is 0.328 e. The van der Waals surface area contributed by atoms with Crippen LogP contribution in [-0.2, 0) is 4.79 Å². The summed E-state index contributed by atoms with van der Waals surface area (Å²) in [6.07, 6.45) is 11.1. The molecule has 1 spiro atoms. The zero-order valence-corrected chi connectivity index (χ0v) is 34.3. The molecular weight excluding hydrogens is 806 g/mol. The summed E-state index contributed by atoms with van der Waals surface area (Å²) in [7, 11) is 0. The number of hydrogen-bond acceptors (Lipinski definition) is 9. The van der Waals surface area contributed by atoms with Gasteiger partial charge in [0.2, 0.25) is 23.4 Å². The molecule has 5 aromatic rings. The highest BCUT2D eigenvalue weighted by molar-refractivity contribution is 6.06. The number of nitrogens with zero attached hydrogens (tertiary/aromatic N) is 6. The predicted molar refractivity (Wildman–Crippen MR) is 220 cm³/mol. The number of fused-ring (bicyclic) bond motifs is 1. The molecule has 0 bridgehead atoms. The number of phenolic OH excluding ortho intramolecular Hbond substituents is 1. The number of carbonyl (C=O) groups is 4. The van der Waals surface area contributed by atoms with Gasteiger partial charge in [0, 0.05) is 66.9 Å². The van der Waals surface area contributed by atoms with Crippen LogP contribution in [0.3, 0.4) is 0 Å². The van der Waals surface area contributed by atoms with E-state index in [0.717, 1.165) is 86.2 Å². The molecule has 4 fully saturated rings. The number of hydrogen-bond donors (Lipinski definition) is 3. The molecule has 62 heavy (non-hydrogen) atoms. The molecule has 3 aromatic carbocycles. The highest BCUT2D eigenvalue weighted by Gasteiger charge is 2.41. The second-order valence-electron chi connectivity index (χ2n) is 17.4. The van der Waals surface area contributed by atoms with Crippen molar-refractivity contribution in [3.63, 3.8) is 0 Å². The van der Waals surface area contributed by atoms with E-state index in [1.165, 1.54) is 4.90 Å². The molecular formula is C45H47F3N8O6. The molecule has 2 saturated carbocycles. The lowest BCUT2D eigenvalue weighted by Crippen LogP contribution is -2.50. The number of amides is 5. The summed E-state index contributed by atoms with van der Waals surface area (Å²) in [5.41, 5.74) is 3.01. The van der Waals surface area contributed by atoms with Gasteiger partial charge in [-0.25, -0.2) is 13.6 Å². The number of imide groups is 1. The van der Waals surface area contributed by atoms with Crippen LogP contribution < -0.4 is 15.5 Å². The number of piperidine rings is 1. The molecule has 0 unspecified atom stereocenters. The van der Waals surface area contributed by atoms with Gasteiger partial charge >= 0.3 is 6.03 Å². The summed E-state index contributed by atoms with van der Waals surface area (Å²) in [6.45, 7) is 3.71. The molecule has 2 saturated heterocycles. The van der Waals surface area contributed by atoms with Crippen LogP contribution in [0.4, 0.5) is 23.7 Å². The van der Waals surface area contributed by atoms with Gasteiger partial charge in [0.05, 0.1) is 17.1 Å². The molecule has 0 radical (unpaired) electrons. The van der Waals surface area contributed by atoms with E-state index in [4.69, 9.17) is 14.6 Å². The van der Waals surface area contributed by atoms with Gasteiger partial charge in [-0.15, -0.1) is 0 Å². The average Bonchev–Trinajstić information content (AvgIpc) is 3.95. The lowest BCUT2D eigenvalue weighted by molar-refractivity contribution is -0.120. The molecule has 0 atom stereocenters. The maximum absolute atomic E-state index is 14.2. The van der Waals surface area contributed by atoms with Crippen LogP contribution >= 0.6 is 0 Å². The van der Waals surface area contributed by atoms with Crippen molar-refractivity contribution in [2.24, 2.45) is 11.3 Å². The van der Waals surface area contributed by atoms with Gasteiger partial charge in [0.15, 0.2) is 17.4 Å². The van der Waals surface area contributed by atoms with E-state index in [1.54, 1.807) is 6.07 Å². The van der Waals surface area contributed by atoms with Gasteiger partial charge in [-0.3, -0.25) is 29.3 Å².